The average molecular weight is 889 g/mol. The summed E-state index contributed by atoms with van der Waals surface area (Å²) in [5.41, 5.74) is 6.36. The summed E-state index contributed by atoms with van der Waals surface area (Å²) in [5, 5.41) is 0. The van der Waals surface area contributed by atoms with Crippen LogP contribution in [0.25, 0.3) is 24.3 Å². The highest BCUT2D eigenvalue weighted by Gasteiger charge is 2.07. The topological polar surface area (TPSA) is 7.12 Å². The molecule has 0 N–H and O–H groups in total. The quantitative estimate of drug-likeness (QED) is 0.0312. The van der Waals surface area contributed by atoms with Crippen LogP contribution in [-0.4, -0.2) is 13.1 Å². The van der Waals surface area contributed by atoms with Gasteiger partial charge in [0.25, 0.3) is 0 Å². The lowest BCUT2D eigenvalue weighted by Crippen LogP contribution is -2.30. The van der Waals surface area contributed by atoms with E-state index in [0.29, 0.717) is 0 Å². The van der Waals surface area contributed by atoms with Crippen molar-refractivity contribution in [2.45, 2.75) is 258 Å². The number of hydrogen-bond acceptors (Lipinski definition) is 1. The molecule has 0 saturated heterocycles. The summed E-state index contributed by atoms with van der Waals surface area (Å²) in [6, 6.07) is 22.6. The van der Waals surface area contributed by atoms with Crippen LogP contribution in [0.15, 0.2) is 73.1 Å². The maximum Gasteiger partial charge on any atom is 0.169 e. The van der Waals surface area contributed by atoms with Crippen molar-refractivity contribution in [2.75, 3.05) is 18.0 Å². The summed E-state index contributed by atoms with van der Waals surface area (Å²) in [6.45, 7) is 10.2. The molecule has 2 aromatic carbocycles. The third-order valence-corrected chi connectivity index (χ3v) is 14.0. The standard InChI is InChI=1S/C63H103N2/c1-4-7-9-11-13-15-17-19-21-23-25-27-29-31-33-35-37-39-55-65(56-40-38-36-34-32-30-28-26-24-22-20-18-16-14-12-10-8-5-2)63-51-49-61(50-52-63)46-45-59-41-43-60(44-42-59)47-48-62-53-57-64(6-3)58-54-62/h41-54,57-58H,4-40,55-56H2,1-3H3/q+1. The summed E-state index contributed by atoms with van der Waals surface area (Å²) >= 11 is 0. The molecule has 364 valence electrons. The van der Waals surface area contributed by atoms with Gasteiger partial charge >= 0.3 is 0 Å². The van der Waals surface area contributed by atoms with E-state index >= 15 is 0 Å². The Hall–Kier alpha value is -3.13. The molecule has 0 unspecified atom stereocenters. The third kappa shape index (κ3) is 30.7. The molecule has 0 atom stereocenters. The molecule has 2 nitrogen and oxygen atoms in total. The van der Waals surface area contributed by atoms with Gasteiger partial charge in [-0.2, -0.15) is 0 Å². The van der Waals surface area contributed by atoms with Crippen LogP contribution in [0.4, 0.5) is 5.69 Å². The molecule has 3 rings (SSSR count). The Balaban J connectivity index is 1.33. The summed E-state index contributed by atoms with van der Waals surface area (Å²) in [4.78, 5) is 2.70. The Morgan fingerprint density at radius 2 is 0.523 bits per heavy atom. The normalized spacial score (nSPS) is 11.7. The molecular weight excluding hydrogens is 785 g/mol. The van der Waals surface area contributed by atoms with E-state index in [9.17, 15) is 0 Å². The molecule has 0 aliphatic carbocycles. The predicted molar refractivity (Wildman–Crippen MR) is 293 cm³/mol. The van der Waals surface area contributed by atoms with Gasteiger partial charge in [-0.25, -0.2) is 4.57 Å². The summed E-state index contributed by atoms with van der Waals surface area (Å²) in [7, 11) is 0. The molecule has 0 radical (unpaired) electrons. The zero-order chi connectivity index (χ0) is 45.9. The Morgan fingerprint density at radius 3 is 0.785 bits per heavy atom. The smallest absolute Gasteiger partial charge is 0.169 e. The highest BCUT2D eigenvalue weighted by Crippen LogP contribution is 2.22. The van der Waals surface area contributed by atoms with Gasteiger partial charge in [0.1, 0.15) is 6.54 Å². The number of nitrogens with zero attached hydrogens (tertiary/aromatic N) is 2. The van der Waals surface area contributed by atoms with Crippen molar-refractivity contribution in [3.63, 3.8) is 0 Å². The van der Waals surface area contributed by atoms with Crippen molar-refractivity contribution < 1.29 is 4.57 Å². The van der Waals surface area contributed by atoms with Crippen LogP contribution in [0.5, 0.6) is 0 Å². The third-order valence-electron chi connectivity index (χ3n) is 14.0. The lowest BCUT2D eigenvalue weighted by Gasteiger charge is -2.25. The first kappa shape index (κ1) is 56.2. The maximum absolute atomic E-state index is 2.70. The van der Waals surface area contributed by atoms with Crippen LogP contribution < -0.4 is 9.47 Å². The molecule has 0 saturated carbocycles. The Morgan fingerprint density at radius 1 is 0.292 bits per heavy atom. The zero-order valence-corrected chi connectivity index (χ0v) is 43.2. The molecule has 65 heavy (non-hydrogen) atoms. The number of anilines is 1. The maximum atomic E-state index is 2.70. The minimum Gasteiger partial charge on any atom is -0.372 e. The highest BCUT2D eigenvalue weighted by atomic mass is 15.1. The molecule has 1 aromatic heterocycles. The van der Waals surface area contributed by atoms with Gasteiger partial charge in [0.05, 0.1) is 0 Å². The average Bonchev–Trinajstić information content (AvgIpc) is 3.34. The van der Waals surface area contributed by atoms with Crippen LogP contribution >= 0.6 is 0 Å². The summed E-state index contributed by atoms with van der Waals surface area (Å²) in [6.07, 6.45) is 64.8. The molecule has 0 aliphatic rings. The second-order valence-corrected chi connectivity index (χ2v) is 19.9. The van der Waals surface area contributed by atoms with E-state index in [4.69, 9.17) is 0 Å². The molecule has 0 fully saturated rings. The van der Waals surface area contributed by atoms with Crippen LogP contribution in [0.2, 0.25) is 0 Å². The van der Waals surface area contributed by atoms with Crippen molar-refractivity contribution in [1.82, 2.24) is 0 Å². The minimum absolute atomic E-state index is 1.00. The van der Waals surface area contributed by atoms with Crippen molar-refractivity contribution in [3.05, 3.63) is 95.3 Å². The van der Waals surface area contributed by atoms with Gasteiger partial charge in [0, 0.05) is 30.9 Å². The number of hydrogen-bond donors (Lipinski definition) is 0. The number of aromatic nitrogens is 1. The van der Waals surface area contributed by atoms with Crippen LogP contribution in [0, 0.1) is 0 Å². The second-order valence-electron chi connectivity index (χ2n) is 19.9. The van der Waals surface area contributed by atoms with Crippen LogP contribution in [0.1, 0.15) is 274 Å². The monoisotopic (exact) mass is 888 g/mol. The SMILES string of the molecule is CCCCCCCCCCCCCCCCCCCCN(CCCCCCCCCCCCCCCCCCCC)c1ccc(C=Cc2ccc(C=Cc3cc[n+](CC)cc3)cc2)cc1. The molecule has 0 aliphatic heterocycles. The van der Waals surface area contributed by atoms with Gasteiger partial charge in [-0.05, 0) is 54.2 Å². The zero-order valence-electron chi connectivity index (χ0n) is 43.2. The van der Waals surface area contributed by atoms with Gasteiger partial charge in [0.15, 0.2) is 12.4 Å². The molecule has 1 heterocycles. The van der Waals surface area contributed by atoms with Crippen molar-refractivity contribution in [2.24, 2.45) is 0 Å². The lowest BCUT2D eigenvalue weighted by atomic mass is 10.0. The van der Waals surface area contributed by atoms with Gasteiger partial charge in [-0.3, -0.25) is 0 Å². The predicted octanol–water partition coefficient (Wildman–Crippen LogP) is 20.2. The first-order valence-corrected chi connectivity index (χ1v) is 28.5. The Labute approximate surface area is 404 Å². The van der Waals surface area contributed by atoms with E-state index < -0.39 is 0 Å². The first-order valence-electron chi connectivity index (χ1n) is 28.5. The van der Waals surface area contributed by atoms with Crippen molar-refractivity contribution in [3.8, 4) is 0 Å². The summed E-state index contributed by atoms with van der Waals surface area (Å²) < 4.78 is 2.19. The number of rotatable bonds is 44. The first-order chi connectivity index (χ1) is 32.2. The van der Waals surface area contributed by atoms with Crippen molar-refractivity contribution >= 4 is 30.0 Å². The minimum atomic E-state index is 1.00. The fourth-order valence-electron chi connectivity index (χ4n) is 9.47. The molecule has 2 heteroatoms. The second kappa shape index (κ2) is 41.1. The van der Waals surface area contributed by atoms with Gasteiger partial charge in [-0.1, -0.05) is 293 Å². The van der Waals surface area contributed by atoms with E-state index in [-0.39, 0.29) is 0 Å². The van der Waals surface area contributed by atoms with E-state index in [1.807, 2.05) is 0 Å². The molecule has 0 bridgehead atoms. The fraction of sp³-hybridized carbons (Fsp3) is 0.667. The number of benzene rings is 2. The molecular formula is C63H103N2+. The van der Waals surface area contributed by atoms with Crippen molar-refractivity contribution in [1.29, 1.82) is 0 Å². The van der Waals surface area contributed by atoms with E-state index in [0.717, 1.165) is 6.54 Å². The van der Waals surface area contributed by atoms with E-state index in [2.05, 4.69) is 128 Å². The number of aryl methyl sites for hydroxylation is 1. The molecule has 0 amide bonds. The van der Waals surface area contributed by atoms with E-state index in [1.54, 1.807) is 0 Å². The Bertz CT molecular complexity index is 1480. The molecule has 0 spiro atoms. The lowest BCUT2D eigenvalue weighted by molar-refractivity contribution is -0.693. The largest absolute Gasteiger partial charge is 0.372 e. The van der Waals surface area contributed by atoms with Gasteiger partial charge in [0.2, 0.25) is 0 Å². The number of pyridine rings is 1. The summed E-state index contributed by atoms with van der Waals surface area (Å²) in [5.74, 6) is 0. The van der Waals surface area contributed by atoms with E-state index in [1.165, 1.54) is 272 Å². The van der Waals surface area contributed by atoms with Crippen LogP contribution in [0.3, 0.4) is 0 Å². The number of unbranched alkanes of at least 4 members (excludes halogenated alkanes) is 34. The van der Waals surface area contributed by atoms with Gasteiger partial charge < -0.3 is 4.90 Å². The molecule has 3 aromatic rings. The van der Waals surface area contributed by atoms with Crippen LogP contribution in [-0.2, 0) is 6.54 Å². The van der Waals surface area contributed by atoms with Gasteiger partial charge in [-0.15, -0.1) is 0 Å². The highest BCUT2D eigenvalue weighted by molar-refractivity contribution is 5.73. The Kier molecular flexibility index (Phi) is 35.5. The fourth-order valence-corrected chi connectivity index (χ4v) is 9.47.